The van der Waals surface area contributed by atoms with E-state index in [4.69, 9.17) is 16.6 Å². The number of alkyl halides is 3. The van der Waals surface area contributed by atoms with Crippen LogP contribution in [0.25, 0.3) is 16.8 Å². The molecule has 2 N–H and O–H groups in total. The second-order valence-electron chi connectivity index (χ2n) is 8.53. The van der Waals surface area contributed by atoms with Crippen molar-refractivity contribution in [1.82, 2.24) is 20.3 Å². The Morgan fingerprint density at radius 3 is 2.59 bits per heavy atom. The Hall–Kier alpha value is -3.30. The van der Waals surface area contributed by atoms with E-state index in [1.807, 2.05) is 6.07 Å². The van der Waals surface area contributed by atoms with Gasteiger partial charge in [-0.1, -0.05) is 6.58 Å². The van der Waals surface area contributed by atoms with E-state index < -0.39 is 5.57 Å². The van der Waals surface area contributed by atoms with Gasteiger partial charge < -0.3 is 20.3 Å². The van der Waals surface area contributed by atoms with Crippen LogP contribution in [0, 0.1) is 0 Å². The van der Waals surface area contributed by atoms with Gasteiger partial charge in [-0.25, -0.2) is 15.0 Å². The summed E-state index contributed by atoms with van der Waals surface area (Å²) in [6, 6.07) is 8.03. The van der Waals surface area contributed by atoms with Crippen molar-refractivity contribution in [3.63, 3.8) is 0 Å². The fourth-order valence-electron chi connectivity index (χ4n) is 4.13. The van der Waals surface area contributed by atoms with Crippen LogP contribution < -0.4 is 20.3 Å². The van der Waals surface area contributed by atoms with Crippen molar-refractivity contribution in [3.05, 3.63) is 67.4 Å². The minimum absolute atomic E-state index is 0.0435. The van der Waals surface area contributed by atoms with Crippen molar-refractivity contribution in [2.45, 2.75) is 23.9 Å². The minimum atomic E-state index is -3.76. The van der Waals surface area contributed by atoms with Gasteiger partial charge in [-0.3, -0.25) is 0 Å². The highest BCUT2D eigenvalue weighted by atomic mass is 35.5. The smallest absolute Gasteiger partial charge is 0.420 e. The first-order valence-corrected chi connectivity index (χ1v) is 11.3. The first-order chi connectivity index (χ1) is 16.3. The van der Waals surface area contributed by atoms with Crippen molar-refractivity contribution < 1.29 is 13.5 Å². The lowest BCUT2D eigenvalue weighted by atomic mass is 10.0. The van der Waals surface area contributed by atoms with Gasteiger partial charge in [0.05, 0.1) is 0 Å². The molecule has 0 radical (unpaired) electrons. The molecule has 1 saturated heterocycles. The molecule has 1 aromatic carbocycles. The number of halogens is 3. The Morgan fingerprint density at radius 1 is 1.18 bits per heavy atom. The molecule has 0 bridgehead atoms. The number of anilines is 2. The molecular formula is C24H23ClF2N6O. The van der Waals surface area contributed by atoms with Crippen LogP contribution in [0.3, 0.4) is 0 Å². The standard InChI is InChI=1S/C24H23ClF2N6O/c1-16(32-19-2-4-20(5-3-19)34-24(25,26)27)17-10-21(18-11-28-15-29-12-18)22(30-13-17)33-9-8-31-23(14-33)6-7-23/h2-5,10-13,15,31-32H,1,6-9,14H2. The number of nitrogens with one attached hydrogen (secondary N) is 2. The number of ether oxygens (including phenoxy) is 1. The van der Waals surface area contributed by atoms with Crippen molar-refractivity contribution in [1.29, 1.82) is 0 Å². The van der Waals surface area contributed by atoms with Crippen molar-refractivity contribution >= 4 is 28.8 Å². The Kier molecular flexibility index (Phi) is 5.83. The average molecular weight is 485 g/mol. The molecule has 1 saturated carbocycles. The summed E-state index contributed by atoms with van der Waals surface area (Å²) in [6.07, 6.45) is 9.18. The zero-order valence-electron chi connectivity index (χ0n) is 18.3. The van der Waals surface area contributed by atoms with E-state index in [1.165, 1.54) is 31.3 Å². The molecule has 1 aliphatic heterocycles. The lowest BCUT2D eigenvalue weighted by Gasteiger charge is -2.36. The normalized spacial score (nSPS) is 16.9. The number of hydrogen-bond donors (Lipinski definition) is 2. The molecule has 2 aliphatic rings. The summed E-state index contributed by atoms with van der Waals surface area (Å²) in [5.41, 5.74) is 0.281. The highest BCUT2D eigenvalue weighted by Gasteiger charge is 2.46. The van der Waals surface area contributed by atoms with E-state index in [-0.39, 0.29) is 11.3 Å². The fourth-order valence-corrected chi connectivity index (χ4v) is 4.22. The van der Waals surface area contributed by atoms with Crippen LogP contribution in [0.2, 0.25) is 0 Å². The van der Waals surface area contributed by atoms with Crippen LogP contribution in [-0.4, -0.2) is 45.7 Å². The highest BCUT2D eigenvalue weighted by Crippen LogP contribution is 2.40. The highest BCUT2D eigenvalue weighted by molar-refractivity contribution is 6.20. The molecule has 1 spiro atoms. The predicted octanol–water partition coefficient (Wildman–Crippen LogP) is 4.73. The van der Waals surface area contributed by atoms with E-state index in [0.29, 0.717) is 11.4 Å². The average Bonchev–Trinajstić information content (AvgIpc) is 3.57. The second-order valence-corrected chi connectivity index (χ2v) is 8.97. The summed E-state index contributed by atoms with van der Waals surface area (Å²) in [7, 11) is 0. The maximum Gasteiger partial charge on any atom is 0.487 e. The molecule has 34 heavy (non-hydrogen) atoms. The number of benzene rings is 1. The number of pyridine rings is 1. The largest absolute Gasteiger partial charge is 0.487 e. The summed E-state index contributed by atoms with van der Waals surface area (Å²) >= 11 is 4.82. The molecule has 2 aromatic heterocycles. The fraction of sp³-hybridized carbons (Fsp3) is 0.292. The molecule has 176 valence electrons. The number of nitrogens with zero attached hydrogens (tertiary/aromatic N) is 4. The summed E-state index contributed by atoms with van der Waals surface area (Å²) < 4.78 is 30.0. The first-order valence-electron chi connectivity index (χ1n) is 10.9. The van der Waals surface area contributed by atoms with Crippen molar-refractivity contribution in [3.8, 4) is 16.9 Å². The van der Waals surface area contributed by atoms with Gasteiger partial charge in [-0.05, 0) is 43.2 Å². The Labute approximate surface area is 200 Å². The van der Waals surface area contributed by atoms with Crippen LogP contribution in [0.15, 0.2) is 61.8 Å². The molecule has 3 heterocycles. The van der Waals surface area contributed by atoms with Crippen LogP contribution in [0.4, 0.5) is 20.3 Å². The van der Waals surface area contributed by atoms with Crippen LogP contribution in [0.5, 0.6) is 5.75 Å². The van der Waals surface area contributed by atoms with Crippen molar-refractivity contribution in [2.24, 2.45) is 0 Å². The zero-order valence-corrected chi connectivity index (χ0v) is 19.0. The van der Waals surface area contributed by atoms with Crippen LogP contribution >= 0.6 is 11.6 Å². The summed E-state index contributed by atoms with van der Waals surface area (Å²) in [4.78, 5) is 15.5. The summed E-state index contributed by atoms with van der Waals surface area (Å²) in [6.45, 7) is 6.82. The molecule has 0 atom stereocenters. The maximum absolute atomic E-state index is 12.8. The topological polar surface area (TPSA) is 75.2 Å². The molecule has 1 aliphatic carbocycles. The van der Waals surface area contributed by atoms with E-state index in [1.54, 1.807) is 30.7 Å². The monoisotopic (exact) mass is 484 g/mol. The molecular weight excluding hydrogens is 462 g/mol. The Balaban J connectivity index is 1.39. The quantitative estimate of drug-likeness (QED) is 0.469. The molecule has 2 fully saturated rings. The lowest BCUT2D eigenvalue weighted by molar-refractivity contribution is -0.0964. The second kappa shape index (κ2) is 8.81. The van der Waals surface area contributed by atoms with Gasteiger partial charge in [-0.2, -0.15) is 0 Å². The van der Waals surface area contributed by atoms with Gasteiger partial charge in [0.2, 0.25) is 0 Å². The van der Waals surface area contributed by atoms with Gasteiger partial charge in [0, 0.05) is 83.4 Å². The summed E-state index contributed by atoms with van der Waals surface area (Å²) in [5.74, 6) is 0.848. The molecule has 7 nitrogen and oxygen atoms in total. The lowest BCUT2D eigenvalue weighted by Crippen LogP contribution is -2.52. The SMILES string of the molecule is C=C(Nc1ccc(OC(F)(F)Cl)cc1)c1cnc(N2CCNC3(CC3)C2)c(-c2cncnc2)c1. The predicted molar refractivity (Wildman–Crippen MR) is 128 cm³/mol. The number of rotatable bonds is 7. The Bertz CT molecular complexity index is 1180. The number of aromatic nitrogens is 3. The third-order valence-electron chi connectivity index (χ3n) is 6.00. The molecule has 0 amide bonds. The molecule has 10 heteroatoms. The van der Waals surface area contributed by atoms with Gasteiger partial charge in [0.15, 0.2) is 0 Å². The first kappa shape index (κ1) is 22.5. The minimum Gasteiger partial charge on any atom is -0.420 e. The third kappa shape index (κ3) is 5.10. The van der Waals surface area contributed by atoms with Gasteiger partial charge >= 0.3 is 5.57 Å². The van der Waals surface area contributed by atoms with E-state index in [9.17, 15) is 8.78 Å². The number of piperazine rings is 1. The third-order valence-corrected chi connectivity index (χ3v) is 6.08. The van der Waals surface area contributed by atoms with Gasteiger partial charge in [-0.15, -0.1) is 8.78 Å². The summed E-state index contributed by atoms with van der Waals surface area (Å²) in [5, 5.41) is 6.81. The van der Waals surface area contributed by atoms with Gasteiger partial charge in [0.1, 0.15) is 17.9 Å². The van der Waals surface area contributed by atoms with E-state index in [2.05, 4.69) is 36.8 Å². The van der Waals surface area contributed by atoms with Gasteiger partial charge in [0.25, 0.3) is 0 Å². The maximum atomic E-state index is 12.8. The van der Waals surface area contributed by atoms with Crippen LogP contribution in [-0.2, 0) is 0 Å². The number of hydrogen-bond acceptors (Lipinski definition) is 7. The molecule has 3 aromatic rings. The molecule has 0 unspecified atom stereocenters. The van der Waals surface area contributed by atoms with Crippen LogP contribution in [0.1, 0.15) is 18.4 Å². The zero-order chi connectivity index (χ0) is 23.8. The van der Waals surface area contributed by atoms with E-state index >= 15 is 0 Å². The van der Waals surface area contributed by atoms with E-state index in [0.717, 1.165) is 42.1 Å². The van der Waals surface area contributed by atoms with Crippen molar-refractivity contribution in [2.75, 3.05) is 29.9 Å². The molecule has 5 rings (SSSR count). The Morgan fingerprint density at radius 2 is 1.91 bits per heavy atom.